The second-order valence-corrected chi connectivity index (χ2v) is 6.53. The largest absolute Gasteiger partial charge is 0.397 e. The van der Waals surface area contributed by atoms with E-state index in [1.807, 2.05) is 18.2 Å². The van der Waals surface area contributed by atoms with Gasteiger partial charge in [0.1, 0.15) is 11.5 Å². The normalized spacial score (nSPS) is 15.6. The molecular weight excluding hydrogens is 317 g/mol. The zero-order chi connectivity index (χ0) is 17.3. The van der Waals surface area contributed by atoms with Crippen LogP contribution in [0.2, 0.25) is 0 Å². The van der Waals surface area contributed by atoms with Crippen LogP contribution in [0.3, 0.4) is 0 Å². The van der Waals surface area contributed by atoms with E-state index in [4.69, 9.17) is 5.73 Å². The first-order chi connectivity index (χ1) is 12.2. The Hall–Kier alpha value is -2.89. The first-order valence-electron chi connectivity index (χ1n) is 8.32. The Kier molecular flexibility index (Phi) is 3.87. The highest BCUT2D eigenvalue weighted by Gasteiger charge is 2.42. The van der Waals surface area contributed by atoms with Gasteiger partial charge in [-0.3, -0.25) is 9.97 Å². The third kappa shape index (κ3) is 2.95. The Morgan fingerprint density at radius 1 is 1.00 bits per heavy atom. The maximum atomic E-state index is 14.2. The molecule has 0 bridgehead atoms. The van der Waals surface area contributed by atoms with E-state index in [0.29, 0.717) is 23.5 Å². The summed E-state index contributed by atoms with van der Waals surface area (Å²) in [6.07, 6.45) is 6.81. The molecule has 4 rings (SSSR count). The van der Waals surface area contributed by atoms with Crippen LogP contribution >= 0.6 is 0 Å². The van der Waals surface area contributed by atoms with Crippen LogP contribution in [-0.2, 0) is 11.8 Å². The number of pyridine rings is 2. The molecule has 0 unspecified atom stereocenters. The average Bonchev–Trinajstić information content (AvgIpc) is 2.60. The van der Waals surface area contributed by atoms with Crippen LogP contribution in [0, 0.1) is 5.82 Å². The molecule has 126 valence electrons. The van der Waals surface area contributed by atoms with Crippen LogP contribution in [-0.4, -0.2) is 20.2 Å². The van der Waals surface area contributed by atoms with Crippen LogP contribution in [0.4, 0.5) is 10.1 Å². The van der Waals surface area contributed by atoms with Gasteiger partial charge in [0.05, 0.1) is 29.0 Å². The molecule has 1 aliphatic rings. The van der Waals surface area contributed by atoms with Gasteiger partial charge in [0.15, 0.2) is 0 Å². The molecule has 3 aromatic heterocycles. The minimum absolute atomic E-state index is 0.238. The molecule has 0 saturated heterocycles. The van der Waals surface area contributed by atoms with Gasteiger partial charge >= 0.3 is 0 Å². The summed E-state index contributed by atoms with van der Waals surface area (Å²) < 4.78 is 14.2. The van der Waals surface area contributed by atoms with Crippen molar-refractivity contribution in [1.82, 2.24) is 20.2 Å². The highest BCUT2D eigenvalue weighted by atomic mass is 19.1. The van der Waals surface area contributed by atoms with Crippen LogP contribution in [0.25, 0.3) is 11.4 Å². The summed E-state index contributed by atoms with van der Waals surface area (Å²) in [4.78, 5) is 8.55. The zero-order valence-corrected chi connectivity index (χ0v) is 13.7. The third-order valence-corrected chi connectivity index (χ3v) is 4.86. The van der Waals surface area contributed by atoms with Crippen LogP contribution in [0.15, 0.2) is 48.8 Å². The number of hydrogen-bond acceptors (Lipinski definition) is 5. The van der Waals surface area contributed by atoms with E-state index in [-0.39, 0.29) is 11.2 Å². The Morgan fingerprint density at radius 2 is 1.84 bits per heavy atom. The van der Waals surface area contributed by atoms with E-state index in [9.17, 15) is 4.39 Å². The van der Waals surface area contributed by atoms with E-state index >= 15 is 0 Å². The molecule has 0 aromatic carbocycles. The lowest BCUT2D eigenvalue weighted by Crippen LogP contribution is -2.38. The smallest absolute Gasteiger partial charge is 0.145 e. The Morgan fingerprint density at radius 3 is 2.44 bits per heavy atom. The van der Waals surface area contributed by atoms with Crippen molar-refractivity contribution in [2.45, 2.75) is 31.1 Å². The molecule has 0 atom stereocenters. The minimum Gasteiger partial charge on any atom is -0.397 e. The minimum atomic E-state index is -0.263. The van der Waals surface area contributed by atoms with E-state index < -0.39 is 0 Å². The van der Waals surface area contributed by atoms with Crippen LogP contribution in [0.5, 0.6) is 0 Å². The summed E-state index contributed by atoms with van der Waals surface area (Å²) in [6, 6.07) is 10.5. The second kappa shape index (κ2) is 6.20. The van der Waals surface area contributed by atoms with Crippen molar-refractivity contribution in [2.75, 3.05) is 5.73 Å². The number of aromatic nitrogens is 4. The summed E-state index contributed by atoms with van der Waals surface area (Å²) in [5.41, 5.74) is 8.80. The quantitative estimate of drug-likeness (QED) is 0.791. The lowest BCUT2D eigenvalue weighted by atomic mass is 9.63. The monoisotopic (exact) mass is 335 g/mol. The van der Waals surface area contributed by atoms with Gasteiger partial charge in [-0.2, -0.15) is 5.10 Å². The molecule has 0 amide bonds. The molecule has 0 radical (unpaired) electrons. The summed E-state index contributed by atoms with van der Waals surface area (Å²) in [5.74, 6) is -0.238. The number of nitrogens with zero attached hydrogens (tertiary/aromatic N) is 4. The van der Waals surface area contributed by atoms with Gasteiger partial charge in [0.25, 0.3) is 0 Å². The topological polar surface area (TPSA) is 77.6 Å². The molecule has 3 heterocycles. The van der Waals surface area contributed by atoms with Crippen molar-refractivity contribution in [2.24, 2.45) is 0 Å². The predicted molar refractivity (Wildman–Crippen MR) is 93.1 cm³/mol. The second-order valence-electron chi connectivity index (χ2n) is 6.53. The Balaban J connectivity index is 1.58. The van der Waals surface area contributed by atoms with Gasteiger partial charge in [-0.1, -0.05) is 6.42 Å². The highest BCUT2D eigenvalue weighted by molar-refractivity contribution is 5.55. The first-order valence-corrected chi connectivity index (χ1v) is 8.32. The molecule has 2 N–H and O–H groups in total. The average molecular weight is 335 g/mol. The summed E-state index contributed by atoms with van der Waals surface area (Å²) >= 11 is 0. The van der Waals surface area contributed by atoms with Crippen molar-refractivity contribution < 1.29 is 4.39 Å². The number of nitrogen functional groups attached to an aromatic ring is 1. The highest BCUT2D eigenvalue weighted by Crippen LogP contribution is 2.45. The Labute approximate surface area is 145 Å². The third-order valence-electron chi connectivity index (χ3n) is 4.86. The van der Waals surface area contributed by atoms with Crippen molar-refractivity contribution >= 4 is 5.69 Å². The van der Waals surface area contributed by atoms with Gasteiger partial charge in [0, 0.05) is 18.0 Å². The number of anilines is 1. The zero-order valence-electron chi connectivity index (χ0n) is 13.7. The van der Waals surface area contributed by atoms with Gasteiger partial charge in [0.2, 0.25) is 0 Å². The molecule has 1 saturated carbocycles. The standard InChI is InChI=1S/C19H18FN5/c20-15-3-1-10-22-18(15)19(8-2-9-19)11-14-5-7-17(25-24-14)16-6-4-13(21)12-23-16/h1,3-7,10,12H,2,8-9,11,21H2. The van der Waals surface area contributed by atoms with E-state index in [2.05, 4.69) is 20.2 Å². The number of rotatable bonds is 4. The molecule has 6 heteroatoms. The lowest BCUT2D eigenvalue weighted by molar-refractivity contribution is 0.223. The van der Waals surface area contributed by atoms with E-state index in [1.54, 1.807) is 24.5 Å². The number of nitrogens with two attached hydrogens (primary N) is 1. The fraction of sp³-hybridized carbons (Fsp3) is 0.263. The molecule has 1 fully saturated rings. The fourth-order valence-electron chi connectivity index (χ4n) is 3.37. The predicted octanol–water partition coefficient (Wildman–Crippen LogP) is 3.32. The molecule has 0 aliphatic heterocycles. The SMILES string of the molecule is Nc1ccc(-c2ccc(CC3(c4ncccc4F)CCC3)nn2)nc1. The van der Waals surface area contributed by atoms with Crippen molar-refractivity contribution in [1.29, 1.82) is 0 Å². The van der Waals surface area contributed by atoms with Gasteiger partial charge in [-0.05, 0) is 49.2 Å². The maximum absolute atomic E-state index is 14.2. The molecule has 5 nitrogen and oxygen atoms in total. The molecule has 0 spiro atoms. The lowest BCUT2D eigenvalue weighted by Gasteiger charge is -2.41. The maximum Gasteiger partial charge on any atom is 0.145 e. The summed E-state index contributed by atoms with van der Waals surface area (Å²) in [5, 5.41) is 8.60. The fourth-order valence-corrected chi connectivity index (χ4v) is 3.37. The number of hydrogen-bond donors (Lipinski definition) is 1. The van der Waals surface area contributed by atoms with Crippen LogP contribution < -0.4 is 5.73 Å². The molecule has 25 heavy (non-hydrogen) atoms. The van der Waals surface area contributed by atoms with Crippen LogP contribution in [0.1, 0.15) is 30.7 Å². The van der Waals surface area contributed by atoms with Crippen molar-refractivity contribution in [3.8, 4) is 11.4 Å². The van der Waals surface area contributed by atoms with E-state index in [0.717, 1.165) is 30.7 Å². The molecule has 3 aromatic rings. The van der Waals surface area contributed by atoms with Crippen molar-refractivity contribution in [3.63, 3.8) is 0 Å². The summed E-state index contributed by atoms with van der Waals surface area (Å²) in [7, 11) is 0. The van der Waals surface area contributed by atoms with E-state index in [1.165, 1.54) is 6.07 Å². The van der Waals surface area contributed by atoms with Crippen molar-refractivity contribution in [3.05, 3.63) is 66.0 Å². The van der Waals surface area contributed by atoms with Gasteiger partial charge < -0.3 is 5.73 Å². The van der Waals surface area contributed by atoms with Gasteiger partial charge in [-0.25, -0.2) is 4.39 Å². The number of halogens is 1. The van der Waals surface area contributed by atoms with Gasteiger partial charge in [-0.15, -0.1) is 5.10 Å². The summed E-state index contributed by atoms with van der Waals surface area (Å²) in [6.45, 7) is 0. The first kappa shape index (κ1) is 15.6. The molecular formula is C19H18FN5. The Bertz CT molecular complexity index is 873. The molecule has 1 aliphatic carbocycles.